The van der Waals surface area contributed by atoms with Crippen molar-refractivity contribution in [3.05, 3.63) is 71.0 Å². The van der Waals surface area contributed by atoms with Crippen molar-refractivity contribution in [2.45, 2.75) is 46.5 Å². The van der Waals surface area contributed by atoms with Crippen LogP contribution in [0.4, 0.5) is 0 Å². The van der Waals surface area contributed by atoms with Crippen molar-refractivity contribution >= 4 is 0 Å². The highest BCUT2D eigenvalue weighted by molar-refractivity contribution is 5.32. The summed E-state index contributed by atoms with van der Waals surface area (Å²) in [5.41, 5.74) is 12.1. The van der Waals surface area contributed by atoms with Crippen LogP contribution in [0.3, 0.4) is 0 Å². The molecule has 0 aliphatic carbocycles. The lowest BCUT2D eigenvalue weighted by atomic mass is 9.97. The van der Waals surface area contributed by atoms with Crippen LogP contribution >= 0.6 is 0 Å². The van der Waals surface area contributed by atoms with Crippen LogP contribution in [0.15, 0.2) is 54.3 Å². The van der Waals surface area contributed by atoms with E-state index in [0.717, 1.165) is 25.7 Å². The summed E-state index contributed by atoms with van der Waals surface area (Å²) < 4.78 is 0. The smallest absolute Gasteiger partial charge is 0.0308 e. The normalized spacial score (nSPS) is 12.6. The molecule has 0 saturated heterocycles. The van der Waals surface area contributed by atoms with Crippen LogP contribution in [0.25, 0.3) is 0 Å². The van der Waals surface area contributed by atoms with Gasteiger partial charge in [-0.1, -0.05) is 50.3 Å². The van der Waals surface area contributed by atoms with Crippen molar-refractivity contribution in [1.82, 2.24) is 0 Å². The fraction of sp³-hybridized carbons (Fsp3) is 0.368. The van der Waals surface area contributed by atoms with E-state index < -0.39 is 0 Å². The van der Waals surface area contributed by atoms with E-state index in [9.17, 15) is 0 Å². The Bertz CT molecular complexity index is 506. The number of hydrogen-bond acceptors (Lipinski definition) is 1. The van der Waals surface area contributed by atoms with Gasteiger partial charge < -0.3 is 5.73 Å². The molecule has 108 valence electrons. The van der Waals surface area contributed by atoms with Gasteiger partial charge >= 0.3 is 0 Å². The number of nitrogens with two attached hydrogens (primary N) is 1. The molecule has 0 amide bonds. The topological polar surface area (TPSA) is 26.0 Å². The zero-order valence-electron chi connectivity index (χ0n) is 13.1. The van der Waals surface area contributed by atoms with Gasteiger partial charge in [0.2, 0.25) is 0 Å². The summed E-state index contributed by atoms with van der Waals surface area (Å²) in [6, 6.07) is 6.90. The standard InChI is InChI=1S/C19H27N/c1-5-17-12-11-16(14-18(17)6-2)10-8-15(4)9-13-19(20)7-3/h7,9,11-14H,3,5-6,8,10,20H2,1-2,4H3/b15-9+,19-13+. The summed E-state index contributed by atoms with van der Waals surface area (Å²) in [6.07, 6.45) is 10.0. The third-order valence-corrected chi connectivity index (χ3v) is 3.64. The Morgan fingerprint density at radius 1 is 1.15 bits per heavy atom. The molecule has 0 spiro atoms. The molecule has 0 aromatic heterocycles. The SMILES string of the molecule is C=C/C(N)=C\C=C(/C)CCc1ccc(CC)c(CC)c1. The molecule has 2 N–H and O–H groups in total. The minimum Gasteiger partial charge on any atom is -0.399 e. The Balaban J connectivity index is 2.68. The summed E-state index contributed by atoms with van der Waals surface area (Å²) in [5.74, 6) is 0. The van der Waals surface area contributed by atoms with Crippen LogP contribution in [0.5, 0.6) is 0 Å². The van der Waals surface area contributed by atoms with Crippen LogP contribution in [-0.2, 0) is 19.3 Å². The average Bonchev–Trinajstić information content (AvgIpc) is 2.49. The van der Waals surface area contributed by atoms with Gasteiger partial charge in [-0.3, -0.25) is 0 Å². The first-order valence-corrected chi connectivity index (χ1v) is 7.46. The molecule has 0 saturated carbocycles. The molecule has 1 aromatic rings. The Kier molecular flexibility index (Phi) is 6.86. The predicted octanol–water partition coefficient (Wildman–Crippen LogP) is 4.72. The maximum atomic E-state index is 5.70. The highest BCUT2D eigenvalue weighted by atomic mass is 14.5. The van der Waals surface area contributed by atoms with Crippen LogP contribution < -0.4 is 5.73 Å². The van der Waals surface area contributed by atoms with E-state index in [2.05, 4.69) is 51.6 Å². The zero-order valence-corrected chi connectivity index (χ0v) is 13.1. The Hall–Kier alpha value is -1.76. The third kappa shape index (κ3) is 5.08. The van der Waals surface area contributed by atoms with E-state index in [1.54, 1.807) is 6.08 Å². The Morgan fingerprint density at radius 2 is 1.85 bits per heavy atom. The lowest BCUT2D eigenvalue weighted by molar-refractivity contribution is 0.928. The van der Waals surface area contributed by atoms with Gasteiger partial charge in [-0.15, -0.1) is 0 Å². The second kappa shape index (κ2) is 8.42. The first-order valence-electron chi connectivity index (χ1n) is 7.46. The summed E-state index contributed by atoms with van der Waals surface area (Å²) in [7, 11) is 0. The van der Waals surface area contributed by atoms with Crippen molar-refractivity contribution in [3.63, 3.8) is 0 Å². The number of rotatable bonds is 7. The van der Waals surface area contributed by atoms with E-state index in [-0.39, 0.29) is 0 Å². The fourth-order valence-electron chi connectivity index (χ4n) is 2.24. The minimum atomic E-state index is 0.713. The molecule has 0 aliphatic heterocycles. The minimum absolute atomic E-state index is 0.713. The van der Waals surface area contributed by atoms with Gasteiger partial charge in [-0.05, 0) is 61.4 Å². The van der Waals surface area contributed by atoms with Crippen molar-refractivity contribution in [1.29, 1.82) is 0 Å². The van der Waals surface area contributed by atoms with Crippen molar-refractivity contribution in [3.8, 4) is 0 Å². The van der Waals surface area contributed by atoms with Gasteiger partial charge in [0, 0.05) is 5.70 Å². The number of allylic oxidation sites excluding steroid dienone is 4. The second-order valence-corrected chi connectivity index (χ2v) is 5.19. The second-order valence-electron chi connectivity index (χ2n) is 5.19. The highest BCUT2D eigenvalue weighted by Gasteiger charge is 2.01. The van der Waals surface area contributed by atoms with Crippen molar-refractivity contribution < 1.29 is 0 Å². The van der Waals surface area contributed by atoms with Crippen LogP contribution in [0.2, 0.25) is 0 Å². The van der Waals surface area contributed by atoms with Crippen LogP contribution in [0, 0.1) is 0 Å². The summed E-state index contributed by atoms with van der Waals surface area (Å²) >= 11 is 0. The van der Waals surface area contributed by atoms with E-state index >= 15 is 0 Å². The van der Waals surface area contributed by atoms with E-state index in [1.807, 2.05) is 6.08 Å². The van der Waals surface area contributed by atoms with Gasteiger partial charge in [0.05, 0.1) is 0 Å². The van der Waals surface area contributed by atoms with Gasteiger partial charge in [-0.2, -0.15) is 0 Å². The van der Waals surface area contributed by atoms with Gasteiger partial charge in [0.25, 0.3) is 0 Å². The number of hydrogen-bond donors (Lipinski definition) is 1. The molecular weight excluding hydrogens is 242 g/mol. The first-order chi connectivity index (χ1) is 9.60. The van der Waals surface area contributed by atoms with E-state index in [0.29, 0.717) is 5.70 Å². The largest absolute Gasteiger partial charge is 0.399 e. The molecule has 0 radical (unpaired) electrons. The molecule has 0 aliphatic rings. The number of benzene rings is 1. The van der Waals surface area contributed by atoms with Gasteiger partial charge in [0.1, 0.15) is 0 Å². The molecule has 1 rings (SSSR count). The zero-order chi connectivity index (χ0) is 15.0. The highest BCUT2D eigenvalue weighted by Crippen LogP contribution is 2.16. The molecule has 0 atom stereocenters. The quantitative estimate of drug-likeness (QED) is 0.712. The lowest BCUT2D eigenvalue weighted by Gasteiger charge is -2.09. The molecular formula is C19H27N. The molecule has 1 nitrogen and oxygen atoms in total. The summed E-state index contributed by atoms with van der Waals surface area (Å²) in [5, 5.41) is 0. The molecule has 1 aromatic carbocycles. The number of aryl methyl sites for hydroxylation is 3. The molecule has 0 heterocycles. The molecule has 1 heteroatoms. The van der Waals surface area contributed by atoms with Gasteiger partial charge in [-0.25, -0.2) is 0 Å². The summed E-state index contributed by atoms with van der Waals surface area (Å²) in [6.45, 7) is 10.2. The predicted molar refractivity (Wildman–Crippen MR) is 89.7 cm³/mol. The van der Waals surface area contributed by atoms with E-state index in [4.69, 9.17) is 5.73 Å². The maximum absolute atomic E-state index is 5.70. The maximum Gasteiger partial charge on any atom is 0.0308 e. The molecule has 20 heavy (non-hydrogen) atoms. The van der Waals surface area contributed by atoms with Crippen LogP contribution in [-0.4, -0.2) is 0 Å². The Morgan fingerprint density at radius 3 is 2.45 bits per heavy atom. The van der Waals surface area contributed by atoms with Crippen molar-refractivity contribution in [2.75, 3.05) is 0 Å². The molecule has 0 fully saturated rings. The van der Waals surface area contributed by atoms with Gasteiger partial charge in [0.15, 0.2) is 0 Å². The summed E-state index contributed by atoms with van der Waals surface area (Å²) in [4.78, 5) is 0. The van der Waals surface area contributed by atoms with E-state index in [1.165, 1.54) is 22.3 Å². The average molecular weight is 269 g/mol. The molecule has 0 bridgehead atoms. The van der Waals surface area contributed by atoms with Crippen molar-refractivity contribution in [2.24, 2.45) is 5.73 Å². The molecule has 0 unspecified atom stereocenters. The van der Waals surface area contributed by atoms with Crippen LogP contribution in [0.1, 0.15) is 43.9 Å². The third-order valence-electron chi connectivity index (χ3n) is 3.64. The Labute approximate surface area is 123 Å². The fourth-order valence-corrected chi connectivity index (χ4v) is 2.24. The lowest BCUT2D eigenvalue weighted by Crippen LogP contribution is -1.95. The first kappa shape index (κ1) is 16.3. The monoisotopic (exact) mass is 269 g/mol.